The summed E-state index contributed by atoms with van der Waals surface area (Å²) in [6.45, 7) is 0.636. The zero-order valence-electron chi connectivity index (χ0n) is 16.0. The number of carbonyl (C=O) groups is 3. The molecule has 10 heteroatoms. The molecule has 0 fully saturated rings. The van der Waals surface area contributed by atoms with E-state index in [0.29, 0.717) is 18.7 Å². The summed E-state index contributed by atoms with van der Waals surface area (Å²) in [4.78, 5) is 35.6. The molecule has 0 saturated carbocycles. The van der Waals surface area contributed by atoms with Crippen LogP contribution in [0.5, 0.6) is 0 Å². The molecule has 0 aromatic heterocycles. The average Bonchev–Trinajstić information content (AvgIpc) is 2.65. The van der Waals surface area contributed by atoms with Gasteiger partial charge in [0.2, 0.25) is 11.8 Å². The summed E-state index contributed by atoms with van der Waals surface area (Å²) < 4.78 is 4.95. The smallest absolute Gasteiger partial charge is 0.335 e. The second-order valence-corrected chi connectivity index (χ2v) is 8.02. The molecular weight excluding hydrogens is 402 g/mol. The van der Waals surface area contributed by atoms with Gasteiger partial charge in [0, 0.05) is 25.1 Å². The third-order valence-corrected chi connectivity index (χ3v) is 5.26. The SMILES string of the molecule is COCCCSCC(=O)Nc1cc(NC(=O)C(N)CCSC)cc(C(=O)O)c1. The van der Waals surface area contributed by atoms with Crippen LogP contribution in [0.25, 0.3) is 0 Å². The highest BCUT2D eigenvalue weighted by atomic mass is 32.2. The fourth-order valence-electron chi connectivity index (χ4n) is 2.17. The molecular formula is C18H27N3O5S2. The Bertz CT molecular complexity index is 673. The van der Waals surface area contributed by atoms with Crippen molar-refractivity contribution < 1.29 is 24.2 Å². The number of rotatable bonds is 13. The number of thioether (sulfide) groups is 2. The third-order valence-electron chi connectivity index (χ3n) is 3.57. The van der Waals surface area contributed by atoms with Crippen LogP contribution in [0.2, 0.25) is 0 Å². The van der Waals surface area contributed by atoms with Crippen molar-refractivity contribution in [1.82, 2.24) is 0 Å². The maximum Gasteiger partial charge on any atom is 0.335 e. The summed E-state index contributed by atoms with van der Waals surface area (Å²) >= 11 is 3.05. The van der Waals surface area contributed by atoms with Crippen LogP contribution in [0.4, 0.5) is 11.4 Å². The molecule has 0 aliphatic heterocycles. The van der Waals surface area contributed by atoms with E-state index in [9.17, 15) is 19.5 Å². The number of ether oxygens (including phenoxy) is 1. The van der Waals surface area contributed by atoms with Gasteiger partial charge in [-0.1, -0.05) is 0 Å². The Morgan fingerprint density at radius 1 is 1.18 bits per heavy atom. The first-order chi connectivity index (χ1) is 13.4. The summed E-state index contributed by atoms with van der Waals surface area (Å²) in [7, 11) is 1.62. The summed E-state index contributed by atoms with van der Waals surface area (Å²) in [5.74, 6) is -0.0465. The first-order valence-electron chi connectivity index (χ1n) is 8.67. The van der Waals surface area contributed by atoms with Crippen LogP contribution in [0.3, 0.4) is 0 Å². The summed E-state index contributed by atoms with van der Waals surface area (Å²) in [5, 5.41) is 14.6. The van der Waals surface area contributed by atoms with E-state index in [4.69, 9.17) is 10.5 Å². The minimum atomic E-state index is -1.16. The van der Waals surface area contributed by atoms with Crippen molar-refractivity contribution in [3.05, 3.63) is 23.8 Å². The molecule has 0 heterocycles. The molecule has 5 N–H and O–H groups in total. The number of anilines is 2. The van der Waals surface area contributed by atoms with Crippen LogP contribution < -0.4 is 16.4 Å². The summed E-state index contributed by atoms with van der Waals surface area (Å²) in [6.07, 6.45) is 3.28. The standard InChI is InChI=1S/C18H27N3O5S2/c1-26-5-3-6-28-11-16(22)20-13-8-12(18(24)25)9-14(10-13)21-17(23)15(19)4-7-27-2/h8-10,15H,3-7,11,19H2,1-2H3,(H,20,22)(H,21,23)(H,24,25). The van der Waals surface area contributed by atoms with E-state index in [1.807, 2.05) is 6.26 Å². The van der Waals surface area contributed by atoms with Gasteiger partial charge in [-0.05, 0) is 48.8 Å². The number of carbonyl (C=O) groups excluding carboxylic acids is 2. The molecule has 0 aliphatic rings. The van der Waals surface area contributed by atoms with Gasteiger partial charge >= 0.3 is 5.97 Å². The van der Waals surface area contributed by atoms with Crippen molar-refractivity contribution in [2.75, 3.05) is 47.9 Å². The predicted molar refractivity (Wildman–Crippen MR) is 115 cm³/mol. The number of benzene rings is 1. The van der Waals surface area contributed by atoms with Gasteiger partial charge in [-0.3, -0.25) is 9.59 Å². The van der Waals surface area contributed by atoms with Gasteiger partial charge in [0.05, 0.1) is 17.4 Å². The number of hydrogen-bond donors (Lipinski definition) is 4. The fraction of sp³-hybridized carbons (Fsp3) is 0.500. The molecule has 1 rings (SSSR count). The van der Waals surface area contributed by atoms with Crippen molar-refractivity contribution in [3.8, 4) is 0 Å². The number of nitrogens with one attached hydrogen (secondary N) is 2. The Labute approximate surface area is 173 Å². The molecule has 28 heavy (non-hydrogen) atoms. The van der Waals surface area contributed by atoms with Gasteiger partial charge in [-0.25, -0.2) is 4.79 Å². The highest BCUT2D eigenvalue weighted by molar-refractivity contribution is 7.99. The Hall–Kier alpha value is -1.75. The first-order valence-corrected chi connectivity index (χ1v) is 11.2. The largest absolute Gasteiger partial charge is 0.478 e. The van der Waals surface area contributed by atoms with Crippen molar-refractivity contribution >= 4 is 52.7 Å². The Morgan fingerprint density at radius 3 is 2.46 bits per heavy atom. The van der Waals surface area contributed by atoms with E-state index in [0.717, 1.165) is 17.9 Å². The average molecular weight is 430 g/mol. The quantitative estimate of drug-likeness (QED) is 0.351. The number of hydrogen-bond acceptors (Lipinski definition) is 7. The van der Waals surface area contributed by atoms with E-state index in [1.165, 1.54) is 30.0 Å². The van der Waals surface area contributed by atoms with Gasteiger partial charge in [-0.2, -0.15) is 23.5 Å². The van der Waals surface area contributed by atoms with Crippen LogP contribution in [-0.2, 0) is 14.3 Å². The Morgan fingerprint density at radius 2 is 1.86 bits per heavy atom. The zero-order chi connectivity index (χ0) is 20.9. The molecule has 156 valence electrons. The lowest BCUT2D eigenvalue weighted by Crippen LogP contribution is -2.36. The molecule has 1 aromatic rings. The molecule has 0 radical (unpaired) electrons. The van der Waals surface area contributed by atoms with Crippen LogP contribution in [0.1, 0.15) is 23.2 Å². The predicted octanol–water partition coefficient (Wildman–Crippen LogP) is 2.11. The van der Waals surface area contributed by atoms with Crippen molar-refractivity contribution in [3.63, 3.8) is 0 Å². The molecule has 0 spiro atoms. The van der Waals surface area contributed by atoms with Gasteiger partial charge in [0.25, 0.3) is 0 Å². The lowest BCUT2D eigenvalue weighted by atomic mass is 10.1. The van der Waals surface area contributed by atoms with Gasteiger partial charge in [-0.15, -0.1) is 0 Å². The summed E-state index contributed by atoms with van der Waals surface area (Å²) in [5.41, 5.74) is 6.36. The molecule has 8 nitrogen and oxygen atoms in total. The highest BCUT2D eigenvalue weighted by Gasteiger charge is 2.15. The number of carboxylic acid groups (broad SMARTS) is 1. The Balaban J connectivity index is 2.74. The lowest BCUT2D eigenvalue weighted by molar-refractivity contribution is -0.117. The number of carboxylic acids is 1. The molecule has 1 aromatic carbocycles. The topological polar surface area (TPSA) is 131 Å². The second-order valence-electron chi connectivity index (χ2n) is 5.93. The van der Waals surface area contributed by atoms with Crippen LogP contribution in [0, 0.1) is 0 Å². The maximum atomic E-state index is 12.2. The van der Waals surface area contributed by atoms with E-state index >= 15 is 0 Å². The third kappa shape index (κ3) is 9.45. The lowest BCUT2D eigenvalue weighted by Gasteiger charge is -2.14. The molecule has 1 unspecified atom stereocenters. The van der Waals surface area contributed by atoms with Crippen LogP contribution in [-0.4, -0.2) is 66.2 Å². The van der Waals surface area contributed by atoms with Crippen LogP contribution >= 0.6 is 23.5 Å². The number of aromatic carboxylic acids is 1. The van der Waals surface area contributed by atoms with Crippen molar-refractivity contribution in [2.24, 2.45) is 5.73 Å². The highest BCUT2D eigenvalue weighted by Crippen LogP contribution is 2.20. The number of nitrogens with two attached hydrogens (primary N) is 1. The van der Waals surface area contributed by atoms with Gasteiger partial charge in [0.1, 0.15) is 0 Å². The molecule has 2 amide bonds. The fourth-order valence-corrected chi connectivity index (χ4v) is 3.39. The van der Waals surface area contributed by atoms with Crippen LogP contribution in [0.15, 0.2) is 18.2 Å². The molecule has 0 aliphatic carbocycles. The normalized spacial score (nSPS) is 11.7. The number of methoxy groups -OCH3 is 1. The molecule has 0 saturated heterocycles. The van der Waals surface area contributed by atoms with E-state index in [1.54, 1.807) is 18.9 Å². The van der Waals surface area contributed by atoms with E-state index in [2.05, 4.69) is 10.6 Å². The molecule has 1 atom stereocenters. The van der Waals surface area contributed by atoms with Crippen molar-refractivity contribution in [2.45, 2.75) is 18.9 Å². The first kappa shape index (κ1) is 24.3. The van der Waals surface area contributed by atoms with E-state index < -0.39 is 17.9 Å². The minimum Gasteiger partial charge on any atom is -0.478 e. The Kier molecular flexibility index (Phi) is 11.7. The zero-order valence-corrected chi connectivity index (χ0v) is 17.7. The van der Waals surface area contributed by atoms with Gasteiger partial charge < -0.3 is 26.2 Å². The summed E-state index contributed by atoms with van der Waals surface area (Å²) in [6, 6.07) is 3.50. The maximum absolute atomic E-state index is 12.2. The molecule has 0 bridgehead atoms. The van der Waals surface area contributed by atoms with Gasteiger partial charge in [0.15, 0.2) is 0 Å². The minimum absolute atomic E-state index is 0.0430. The number of amides is 2. The van der Waals surface area contributed by atoms with E-state index in [-0.39, 0.29) is 22.9 Å². The second kappa shape index (κ2) is 13.4. The van der Waals surface area contributed by atoms with Crippen molar-refractivity contribution in [1.29, 1.82) is 0 Å². The monoisotopic (exact) mass is 429 g/mol.